The highest BCUT2D eigenvalue weighted by Gasteiger charge is 2.11. The molecule has 0 fully saturated rings. The minimum absolute atomic E-state index is 0.167. The highest BCUT2D eigenvalue weighted by atomic mass is 16.3. The maximum absolute atomic E-state index is 10.8. The summed E-state index contributed by atoms with van der Waals surface area (Å²) in [6, 6.07) is 27.6. The molecule has 0 unspecified atom stereocenters. The lowest BCUT2D eigenvalue weighted by Gasteiger charge is -2.13. The van der Waals surface area contributed by atoms with Crippen LogP contribution in [-0.2, 0) is 0 Å². The van der Waals surface area contributed by atoms with E-state index in [0.29, 0.717) is 22.5 Å². The van der Waals surface area contributed by atoms with E-state index < -0.39 is 0 Å². The Kier molecular flexibility index (Phi) is 8.08. The molecule has 0 atom stereocenters. The number of aliphatic imine (C=N–C) groups is 2. The molecule has 0 saturated carbocycles. The van der Waals surface area contributed by atoms with Crippen LogP contribution in [0.15, 0.2) is 94.9 Å². The van der Waals surface area contributed by atoms with Crippen LogP contribution in [0.1, 0.15) is 44.5 Å². The number of phenolic OH excluding ortho intramolecular Hbond substituents is 2. The van der Waals surface area contributed by atoms with Crippen molar-refractivity contribution >= 4 is 23.8 Å². The molecule has 5 aromatic rings. The molecule has 0 amide bonds. The number of aromatic hydroxyl groups is 2. The molecule has 0 bridgehead atoms. The van der Waals surface area contributed by atoms with Gasteiger partial charge in [-0.2, -0.15) is 0 Å². The normalized spacial score (nSPS) is 11.6. The maximum Gasteiger partial charge on any atom is 0.124 e. The maximum atomic E-state index is 10.8. The van der Waals surface area contributed by atoms with Crippen molar-refractivity contribution in [3.8, 4) is 33.8 Å². The molecular weight excluding hydrogens is 516 g/mol. The Bertz CT molecular complexity index is 1680. The first-order chi connectivity index (χ1) is 20.1. The molecule has 0 aliphatic heterocycles. The summed E-state index contributed by atoms with van der Waals surface area (Å²) in [7, 11) is 0. The molecule has 2 N–H and O–H groups in total. The summed E-state index contributed by atoms with van der Waals surface area (Å²) in [6.07, 6.45) is 3.31. The third-order valence-corrected chi connectivity index (χ3v) is 7.56. The molecule has 0 aliphatic carbocycles. The second kappa shape index (κ2) is 11.9. The Morgan fingerprint density at radius 2 is 0.833 bits per heavy atom. The second-order valence-electron chi connectivity index (χ2n) is 11.1. The number of phenols is 2. The van der Waals surface area contributed by atoms with Crippen LogP contribution in [0, 0.1) is 41.5 Å². The molecule has 0 saturated heterocycles. The molecule has 0 heterocycles. The molecule has 4 nitrogen and oxygen atoms in total. The highest BCUT2D eigenvalue weighted by molar-refractivity contribution is 5.91. The lowest BCUT2D eigenvalue weighted by atomic mass is 9.93. The summed E-state index contributed by atoms with van der Waals surface area (Å²) < 4.78 is 0. The number of para-hydroxylation sites is 2. The van der Waals surface area contributed by atoms with Crippen molar-refractivity contribution in [3.05, 3.63) is 129 Å². The Morgan fingerprint density at radius 1 is 0.476 bits per heavy atom. The summed E-state index contributed by atoms with van der Waals surface area (Å²) in [4.78, 5) is 9.28. The summed E-state index contributed by atoms with van der Waals surface area (Å²) in [5, 5.41) is 21.6. The van der Waals surface area contributed by atoms with Crippen LogP contribution < -0.4 is 0 Å². The number of benzene rings is 5. The van der Waals surface area contributed by atoms with Gasteiger partial charge >= 0.3 is 0 Å². The molecule has 5 aromatic carbocycles. The average Bonchev–Trinajstić information content (AvgIpc) is 2.91. The van der Waals surface area contributed by atoms with E-state index in [9.17, 15) is 10.2 Å². The molecule has 4 heteroatoms. The molecule has 210 valence electrons. The van der Waals surface area contributed by atoms with Crippen LogP contribution in [0.4, 0.5) is 11.4 Å². The van der Waals surface area contributed by atoms with Crippen molar-refractivity contribution in [2.75, 3.05) is 0 Å². The predicted molar refractivity (Wildman–Crippen MR) is 176 cm³/mol. The van der Waals surface area contributed by atoms with Gasteiger partial charge in [-0.05, 0) is 122 Å². The molecular formula is C38H36N2O2. The van der Waals surface area contributed by atoms with Gasteiger partial charge in [0.15, 0.2) is 0 Å². The van der Waals surface area contributed by atoms with E-state index in [-0.39, 0.29) is 11.5 Å². The molecule has 0 aromatic heterocycles. The zero-order valence-corrected chi connectivity index (χ0v) is 25.0. The zero-order chi connectivity index (χ0) is 30.0. The zero-order valence-electron chi connectivity index (χ0n) is 25.0. The fourth-order valence-corrected chi connectivity index (χ4v) is 5.85. The van der Waals surface area contributed by atoms with Gasteiger partial charge in [0.25, 0.3) is 0 Å². The fraction of sp³-hybridized carbons (Fsp3) is 0.158. The minimum atomic E-state index is 0.167. The van der Waals surface area contributed by atoms with E-state index in [2.05, 4.69) is 75.8 Å². The Labute approximate surface area is 248 Å². The molecule has 0 radical (unpaired) electrons. The van der Waals surface area contributed by atoms with Crippen molar-refractivity contribution in [2.45, 2.75) is 41.5 Å². The highest BCUT2D eigenvalue weighted by Crippen LogP contribution is 2.34. The Balaban J connectivity index is 1.39. The van der Waals surface area contributed by atoms with Gasteiger partial charge in [-0.3, -0.25) is 9.98 Å². The SMILES string of the molecule is Cc1cc(C)c(-c2ccc(C=Nc3ccccc3N=Cc3ccc(-c4c(C)cc(C)cc4C)cc3O)c(O)c2)c(C)c1. The summed E-state index contributed by atoms with van der Waals surface area (Å²) >= 11 is 0. The molecule has 0 aliphatic rings. The smallest absolute Gasteiger partial charge is 0.124 e. The Morgan fingerprint density at radius 3 is 1.17 bits per heavy atom. The molecule has 5 rings (SSSR count). The van der Waals surface area contributed by atoms with E-state index in [1.54, 1.807) is 24.6 Å². The van der Waals surface area contributed by atoms with Gasteiger partial charge in [-0.25, -0.2) is 0 Å². The number of aryl methyl sites for hydroxylation is 6. The minimum Gasteiger partial charge on any atom is -0.507 e. The van der Waals surface area contributed by atoms with Crippen molar-refractivity contribution in [3.63, 3.8) is 0 Å². The van der Waals surface area contributed by atoms with E-state index in [1.165, 1.54) is 33.4 Å². The van der Waals surface area contributed by atoms with Gasteiger partial charge in [-0.15, -0.1) is 0 Å². The van der Waals surface area contributed by atoms with Crippen LogP contribution in [0.5, 0.6) is 11.5 Å². The van der Waals surface area contributed by atoms with Crippen LogP contribution >= 0.6 is 0 Å². The van der Waals surface area contributed by atoms with Crippen molar-refractivity contribution in [1.29, 1.82) is 0 Å². The summed E-state index contributed by atoms with van der Waals surface area (Å²) in [5.41, 5.74) is 14.0. The van der Waals surface area contributed by atoms with Crippen molar-refractivity contribution < 1.29 is 10.2 Å². The van der Waals surface area contributed by atoms with Gasteiger partial charge in [0.05, 0.1) is 11.4 Å². The lowest BCUT2D eigenvalue weighted by Crippen LogP contribution is -1.91. The van der Waals surface area contributed by atoms with Gasteiger partial charge in [0, 0.05) is 23.6 Å². The van der Waals surface area contributed by atoms with Crippen LogP contribution in [-0.4, -0.2) is 22.6 Å². The first-order valence-corrected chi connectivity index (χ1v) is 14.1. The number of hydrogen-bond donors (Lipinski definition) is 2. The number of rotatable bonds is 6. The van der Waals surface area contributed by atoms with Crippen molar-refractivity contribution in [2.24, 2.45) is 9.98 Å². The lowest BCUT2D eigenvalue weighted by molar-refractivity contribution is 0.474. The molecule has 42 heavy (non-hydrogen) atoms. The third-order valence-electron chi connectivity index (χ3n) is 7.56. The first-order valence-electron chi connectivity index (χ1n) is 14.1. The number of hydrogen-bond acceptors (Lipinski definition) is 4. The first kappa shape index (κ1) is 28.6. The van der Waals surface area contributed by atoms with Crippen LogP contribution in [0.2, 0.25) is 0 Å². The predicted octanol–water partition coefficient (Wildman–Crippen LogP) is 9.78. The largest absolute Gasteiger partial charge is 0.507 e. The molecule has 0 spiro atoms. The quantitative estimate of drug-likeness (QED) is 0.206. The van der Waals surface area contributed by atoms with E-state index >= 15 is 0 Å². The van der Waals surface area contributed by atoms with Gasteiger partial charge < -0.3 is 10.2 Å². The van der Waals surface area contributed by atoms with Crippen LogP contribution in [0.25, 0.3) is 22.3 Å². The summed E-state index contributed by atoms with van der Waals surface area (Å²) in [5.74, 6) is 0.335. The van der Waals surface area contributed by atoms with E-state index in [0.717, 1.165) is 22.3 Å². The average molecular weight is 553 g/mol. The monoisotopic (exact) mass is 552 g/mol. The topological polar surface area (TPSA) is 65.2 Å². The van der Waals surface area contributed by atoms with Crippen LogP contribution in [0.3, 0.4) is 0 Å². The second-order valence-corrected chi connectivity index (χ2v) is 11.1. The van der Waals surface area contributed by atoms with Gasteiger partial charge in [-0.1, -0.05) is 59.7 Å². The van der Waals surface area contributed by atoms with Gasteiger partial charge in [0.1, 0.15) is 11.5 Å². The summed E-state index contributed by atoms with van der Waals surface area (Å²) in [6.45, 7) is 12.6. The Hall–Kier alpha value is -4.96. The van der Waals surface area contributed by atoms with Crippen molar-refractivity contribution in [1.82, 2.24) is 0 Å². The van der Waals surface area contributed by atoms with E-state index in [4.69, 9.17) is 0 Å². The van der Waals surface area contributed by atoms with Gasteiger partial charge in [0.2, 0.25) is 0 Å². The van der Waals surface area contributed by atoms with E-state index in [1.807, 2.05) is 48.5 Å². The third kappa shape index (κ3) is 6.03. The number of nitrogens with zero attached hydrogens (tertiary/aromatic N) is 2. The fourth-order valence-electron chi connectivity index (χ4n) is 5.85. The standard InChI is InChI=1S/C38H36N2O2/c1-23-15-25(3)37(26(4)16-23)29-11-13-31(35(41)19-29)21-39-33-9-7-8-10-34(33)40-22-32-14-12-30(20-36(32)42)38-27(5)17-24(2)18-28(38)6/h7-22,41-42H,1-6H3.